The Morgan fingerprint density at radius 1 is 1.69 bits per heavy atom. The fourth-order valence-electron chi connectivity index (χ4n) is 1.80. The van der Waals surface area contributed by atoms with E-state index in [2.05, 4.69) is 15.4 Å². The average molecular weight is 201 g/mol. The number of aromatic nitrogens is 3. The molecule has 1 unspecified atom stereocenters. The standard InChI is InChI=1S/C8H13ClN4/c1-10-4-6-2-3-7-11-8(9)12-13(7)5-6/h6,10H,2-5H2,1H3. The highest BCUT2D eigenvalue weighted by molar-refractivity contribution is 6.28. The Kier molecular flexibility index (Phi) is 2.51. The molecule has 0 aromatic carbocycles. The zero-order valence-corrected chi connectivity index (χ0v) is 8.38. The van der Waals surface area contributed by atoms with Crippen molar-refractivity contribution in [2.45, 2.75) is 19.4 Å². The number of aryl methyl sites for hydroxylation is 1. The summed E-state index contributed by atoms with van der Waals surface area (Å²) in [6.45, 7) is 1.98. The van der Waals surface area contributed by atoms with E-state index in [1.807, 2.05) is 11.7 Å². The molecule has 72 valence electrons. The van der Waals surface area contributed by atoms with Gasteiger partial charge in [-0.3, -0.25) is 0 Å². The predicted octanol–water partition coefficient (Wildman–Crippen LogP) is 0.713. The van der Waals surface area contributed by atoms with Gasteiger partial charge in [0.25, 0.3) is 0 Å². The molecule has 0 bridgehead atoms. The van der Waals surface area contributed by atoms with Crippen molar-refractivity contribution >= 4 is 11.6 Å². The number of rotatable bonds is 2. The van der Waals surface area contributed by atoms with Crippen LogP contribution in [-0.2, 0) is 13.0 Å². The third kappa shape index (κ3) is 1.84. The first kappa shape index (κ1) is 8.97. The SMILES string of the molecule is CNCC1CCc2nc(Cl)nn2C1. The van der Waals surface area contributed by atoms with Gasteiger partial charge in [-0.05, 0) is 37.5 Å². The summed E-state index contributed by atoms with van der Waals surface area (Å²) < 4.78 is 1.92. The number of nitrogens with one attached hydrogen (secondary N) is 1. The monoisotopic (exact) mass is 200 g/mol. The third-order valence-electron chi connectivity index (χ3n) is 2.42. The molecule has 0 radical (unpaired) electrons. The minimum absolute atomic E-state index is 0.375. The van der Waals surface area contributed by atoms with E-state index in [0.29, 0.717) is 11.2 Å². The zero-order valence-electron chi connectivity index (χ0n) is 7.63. The van der Waals surface area contributed by atoms with Gasteiger partial charge in [-0.2, -0.15) is 0 Å². The minimum atomic E-state index is 0.375. The van der Waals surface area contributed by atoms with Crippen molar-refractivity contribution in [1.82, 2.24) is 20.1 Å². The first-order valence-corrected chi connectivity index (χ1v) is 4.91. The lowest BCUT2D eigenvalue weighted by molar-refractivity contribution is 0.335. The van der Waals surface area contributed by atoms with Crippen molar-refractivity contribution in [2.24, 2.45) is 5.92 Å². The largest absolute Gasteiger partial charge is 0.319 e. The van der Waals surface area contributed by atoms with Crippen LogP contribution in [-0.4, -0.2) is 28.4 Å². The lowest BCUT2D eigenvalue weighted by Crippen LogP contribution is -2.28. The van der Waals surface area contributed by atoms with E-state index >= 15 is 0 Å². The number of hydrogen-bond acceptors (Lipinski definition) is 3. The van der Waals surface area contributed by atoms with Gasteiger partial charge in [0.1, 0.15) is 5.82 Å². The van der Waals surface area contributed by atoms with Crippen LogP contribution < -0.4 is 5.32 Å². The molecule has 2 heterocycles. The van der Waals surface area contributed by atoms with Crippen molar-refractivity contribution in [3.8, 4) is 0 Å². The molecular formula is C8H13ClN4. The first-order chi connectivity index (χ1) is 6.29. The molecule has 13 heavy (non-hydrogen) atoms. The Morgan fingerprint density at radius 3 is 3.31 bits per heavy atom. The van der Waals surface area contributed by atoms with Gasteiger partial charge in [-0.15, -0.1) is 5.10 Å². The lowest BCUT2D eigenvalue weighted by atomic mass is 10.00. The van der Waals surface area contributed by atoms with Crippen LogP contribution in [0.1, 0.15) is 12.2 Å². The molecule has 2 rings (SSSR count). The molecule has 0 saturated heterocycles. The minimum Gasteiger partial charge on any atom is -0.319 e. The molecule has 0 saturated carbocycles. The molecule has 1 N–H and O–H groups in total. The molecule has 0 aliphatic carbocycles. The summed E-state index contributed by atoms with van der Waals surface area (Å²) in [5, 5.41) is 7.68. The Balaban J connectivity index is 2.10. The molecule has 1 aliphatic heterocycles. The fourth-order valence-corrected chi connectivity index (χ4v) is 1.99. The quantitative estimate of drug-likeness (QED) is 0.765. The van der Waals surface area contributed by atoms with E-state index in [1.165, 1.54) is 6.42 Å². The van der Waals surface area contributed by atoms with Gasteiger partial charge in [0.15, 0.2) is 0 Å². The molecule has 5 heteroatoms. The van der Waals surface area contributed by atoms with Crippen LogP contribution in [0.4, 0.5) is 0 Å². The van der Waals surface area contributed by atoms with E-state index in [4.69, 9.17) is 11.6 Å². The van der Waals surface area contributed by atoms with Gasteiger partial charge in [0.2, 0.25) is 5.28 Å². The van der Waals surface area contributed by atoms with E-state index < -0.39 is 0 Å². The van der Waals surface area contributed by atoms with Gasteiger partial charge in [0, 0.05) is 13.0 Å². The van der Waals surface area contributed by atoms with Crippen LogP contribution >= 0.6 is 11.6 Å². The average Bonchev–Trinajstić information content (AvgIpc) is 2.44. The third-order valence-corrected chi connectivity index (χ3v) is 2.58. The van der Waals surface area contributed by atoms with Gasteiger partial charge in [-0.1, -0.05) is 0 Å². The summed E-state index contributed by atoms with van der Waals surface area (Å²) in [6, 6.07) is 0. The van der Waals surface area contributed by atoms with Crippen molar-refractivity contribution in [1.29, 1.82) is 0 Å². The number of halogens is 1. The maximum atomic E-state index is 5.72. The Hall–Kier alpha value is -0.610. The number of nitrogens with zero attached hydrogens (tertiary/aromatic N) is 3. The van der Waals surface area contributed by atoms with Gasteiger partial charge < -0.3 is 5.32 Å². The van der Waals surface area contributed by atoms with Gasteiger partial charge >= 0.3 is 0 Å². The highest BCUT2D eigenvalue weighted by Gasteiger charge is 2.20. The molecular weight excluding hydrogens is 188 g/mol. The van der Waals surface area contributed by atoms with Gasteiger partial charge in [0.05, 0.1) is 0 Å². The maximum Gasteiger partial charge on any atom is 0.242 e. The second kappa shape index (κ2) is 3.64. The summed E-state index contributed by atoms with van der Waals surface area (Å²) in [5.41, 5.74) is 0. The smallest absolute Gasteiger partial charge is 0.242 e. The lowest BCUT2D eigenvalue weighted by Gasteiger charge is -2.21. The molecule has 1 aromatic heterocycles. The van der Waals surface area contributed by atoms with Crippen LogP contribution in [0.25, 0.3) is 0 Å². The summed E-state index contributed by atoms with van der Waals surface area (Å²) in [6.07, 6.45) is 2.17. The molecule has 1 atom stereocenters. The molecule has 0 amide bonds. The van der Waals surface area contributed by atoms with Crippen LogP contribution in [0, 0.1) is 5.92 Å². The predicted molar refractivity (Wildman–Crippen MR) is 50.8 cm³/mol. The van der Waals surface area contributed by atoms with E-state index in [-0.39, 0.29) is 0 Å². The van der Waals surface area contributed by atoms with E-state index in [0.717, 1.165) is 25.3 Å². The van der Waals surface area contributed by atoms with Crippen LogP contribution in [0.2, 0.25) is 5.28 Å². The van der Waals surface area contributed by atoms with Crippen LogP contribution in [0.3, 0.4) is 0 Å². The fraction of sp³-hybridized carbons (Fsp3) is 0.750. The highest BCUT2D eigenvalue weighted by Crippen LogP contribution is 2.18. The van der Waals surface area contributed by atoms with Crippen molar-refractivity contribution in [3.05, 3.63) is 11.1 Å². The summed E-state index contributed by atoms with van der Waals surface area (Å²) in [4.78, 5) is 4.14. The summed E-state index contributed by atoms with van der Waals surface area (Å²) in [7, 11) is 1.98. The van der Waals surface area contributed by atoms with Crippen molar-refractivity contribution in [2.75, 3.05) is 13.6 Å². The number of hydrogen-bond donors (Lipinski definition) is 1. The van der Waals surface area contributed by atoms with Crippen LogP contribution in [0.15, 0.2) is 0 Å². The second-order valence-corrected chi connectivity index (χ2v) is 3.78. The normalized spacial score (nSPS) is 21.5. The Morgan fingerprint density at radius 2 is 2.54 bits per heavy atom. The van der Waals surface area contributed by atoms with E-state index in [9.17, 15) is 0 Å². The Labute approximate surface area is 82.3 Å². The van der Waals surface area contributed by atoms with Crippen LogP contribution in [0.5, 0.6) is 0 Å². The number of fused-ring (bicyclic) bond motifs is 1. The molecule has 0 spiro atoms. The summed E-state index contributed by atoms with van der Waals surface area (Å²) >= 11 is 5.72. The van der Waals surface area contributed by atoms with Gasteiger partial charge in [-0.25, -0.2) is 9.67 Å². The molecule has 4 nitrogen and oxygen atoms in total. The molecule has 1 aliphatic rings. The second-order valence-electron chi connectivity index (χ2n) is 3.44. The Bertz CT molecular complexity index is 296. The first-order valence-electron chi connectivity index (χ1n) is 4.53. The topological polar surface area (TPSA) is 42.7 Å². The molecule has 0 fully saturated rings. The van der Waals surface area contributed by atoms with Crippen molar-refractivity contribution in [3.63, 3.8) is 0 Å². The summed E-state index contributed by atoms with van der Waals surface area (Å²) in [5.74, 6) is 1.69. The van der Waals surface area contributed by atoms with Crippen molar-refractivity contribution < 1.29 is 0 Å². The zero-order chi connectivity index (χ0) is 9.26. The molecule has 1 aromatic rings. The van der Waals surface area contributed by atoms with E-state index in [1.54, 1.807) is 0 Å². The maximum absolute atomic E-state index is 5.72. The highest BCUT2D eigenvalue weighted by atomic mass is 35.5.